The molecule has 0 aromatic heterocycles. The second-order valence-corrected chi connectivity index (χ2v) is 8.62. The number of esters is 3. The largest absolute Gasteiger partial charge is 0.493 e. The molecule has 0 fully saturated rings. The molecule has 0 aliphatic heterocycles. The van der Waals surface area contributed by atoms with E-state index in [4.69, 9.17) is 28.4 Å². The van der Waals surface area contributed by atoms with Gasteiger partial charge in [-0.25, -0.2) is 0 Å². The highest BCUT2D eigenvalue weighted by Gasteiger charge is 2.40. The fourth-order valence-electron chi connectivity index (χ4n) is 4.74. The van der Waals surface area contributed by atoms with Crippen molar-refractivity contribution in [1.82, 2.24) is 0 Å². The molecule has 194 valence electrons. The summed E-state index contributed by atoms with van der Waals surface area (Å²) in [5.41, 5.74) is 2.70. The van der Waals surface area contributed by atoms with Crippen molar-refractivity contribution in [2.24, 2.45) is 11.8 Å². The molecule has 0 N–H and O–H groups in total. The Morgan fingerprint density at radius 1 is 0.750 bits per heavy atom. The van der Waals surface area contributed by atoms with E-state index in [1.807, 2.05) is 24.3 Å². The predicted molar refractivity (Wildman–Crippen MR) is 130 cm³/mol. The van der Waals surface area contributed by atoms with Gasteiger partial charge in [0.15, 0.2) is 23.0 Å². The van der Waals surface area contributed by atoms with Gasteiger partial charge in [0.05, 0.1) is 34.5 Å². The monoisotopic (exact) mass is 500 g/mol. The third-order valence-electron chi connectivity index (χ3n) is 6.28. The normalized spacial score (nSPS) is 18.4. The lowest BCUT2D eigenvalue weighted by atomic mass is 9.66. The quantitative estimate of drug-likeness (QED) is 0.376. The second-order valence-electron chi connectivity index (χ2n) is 8.62. The summed E-state index contributed by atoms with van der Waals surface area (Å²) in [6, 6.07) is 9.23. The van der Waals surface area contributed by atoms with E-state index in [2.05, 4.69) is 0 Å². The molecule has 0 saturated heterocycles. The number of hydrogen-bond donors (Lipinski definition) is 0. The minimum absolute atomic E-state index is 0.106. The maximum absolute atomic E-state index is 11.8. The van der Waals surface area contributed by atoms with Crippen LogP contribution in [0, 0.1) is 11.8 Å². The van der Waals surface area contributed by atoms with Crippen LogP contribution in [0.5, 0.6) is 23.0 Å². The van der Waals surface area contributed by atoms with E-state index in [0.717, 1.165) is 16.7 Å². The Kier molecular flexibility index (Phi) is 8.79. The summed E-state index contributed by atoms with van der Waals surface area (Å²) in [7, 11) is 4.62. The zero-order chi connectivity index (χ0) is 26.4. The molecule has 2 aromatic carbocycles. The molecular formula is C27H32O9. The SMILES string of the molecule is COc1ccc([C@H]2c3cc(OC(C)=O)c(OC)cc3C[C@@H](COC(C)=O)[C@@H]2COC(C)=O)cc1OC. The third kappa shape index (κ3) is 6.08. The molecule has 0 saturated carbocycles. The molecule has 36 heavy (non-hydrogen) atoms. The maximum Gasteiger partial charge on any atom is 0.308 e. The fourth-order valence-corrected chi connectivity index (χ4v) is 4.74. The highest BCUT2D eigenvalue weighted by molar-refractivity contribution is 5.71. The zero-order valence-corrected chi connectivity index (χ0v) is 21.4. The van der Waals surface area contributed by atoms with Gasteiger partial charge in [-0.15, -0.1) is 0 Å². The second kappa shape index (κ2) is 11.8. The molecule has 1 aliphatic carbocycles. The summed E-state index contributed by atoms with van der Waals surface area (Å²) in [4.78, 5) is 35.2. The summed E-state index contributed by atoms with van der Waals surface area (Å²) < 4.78 is 32.8. The van der Waals surface area contributed by atoms with E-state index in [1.165, 1.54) is 27.9 Å². The predicted octanol–water partition coefficient (Wildman–Crippen LogP) is 3.68. The minimum atomic E-state index is -0.476. The number of carbonyl (C=O) groups excluding carboxylic acids is 3. The van der Waals surface area contributed by atoms with Crippen LogP contribution in [0.25, 0.3) is 0 Å². The molecule has 9 nitrogen and oxygen atoms in total. The summed E-state index contributed by atoms with van der Waals surface area (Å²) >= 11 is 0. The van der Waals surface area contributed by atoms with Gasteiger partial charge in [0.2, 0.25) is 0 Å². The first kappa shape index (κ1) is 26.8. The standard InChI is InChI=1S/C27H32O9/c1-15(28)34-13-20-9-19-11-25(33-6)26(36-17(3)30)12-21(19)27(22(20)14-35-16(2)29)18-7-8-23(31-4)24(10-18)32-5/h7-8,10-12,20,22,27H,9,13-14H2,1-6H3/t20-,22-,27-/m0/s1. The molecule has 0 bridgehead atoms. The molecule has 9 heteroatoms. The van der Waals surface area contributed by atoms with Crippen LogP contribution in [0.3, 0.4) is 0 Å². The van der Waals surface area contributed by atoms with Crippen molar-refractivity contribution in [2.75, 3.05) is 34.5 Å². The lowest BCUT2D eigenvalue weighted by Gasteiger charge is -2.40. The molecule has 0 amide bonds. The molecule has 0 radical (unpaired) electrons. The maximum atomic E-state index is 11.8. The van der Waals surface area contributed by atoms with E-state index in [9.17, 15) is 14.4 Å². The number of methoxy groups -OCH3 is 3. The van der Waals surface area contributed by atoms with Crippen LogP contribution in [0.2, 0.25) is 0 Å². The highest BCUT2D eigenvalue weighted by atomic mass is 16.6. The van der Waals surface area contributed by atoms with Crippen molar-refractivity contribution in [3.8, 4) is 23.0 Å². The Morgan fingerprint density at radius 2 is 1.36 bits per heavy atom. The van der Waals surface area contributed by atoms with Crippen molar-refractivity contribution in [3.63, 3.8) is 0 Å². The fraction of sp³-hybridized carbons (Fsp3) is 0.444. The van der Waals surface area contributed by atoms with Gasteiger partial charge in [-0.2, -0.15) is 0 Å². The molecule has 0 heterocycles. The Balaban J connectivity index is 2.23. The van der Waals surface area contributed by atoms with Gasteiger partial charge in [0.25, 0.3) is 0 Å². The molecule has 3 rings (SSSR count). The molecular weight excluding hydrogens is 468 g/mol. The number of rotatable bonds is 9. The molecule has 0 spiro atoms. The van der Waals surface area contributed by atoms with Crippen LogP contribution in [-0.4, -0.2) is 52.5 Å². The van der Waals surface area contributed by atoms with Crippen LogP contribution in [-0.2, 0) is 30.3 Å². The molecule has 3 atom stereocenters. The number of hydrogen-bond acceptors (Lipinski definition) is 9. The average molecular weight is 501 g/mol. The van der Waals surface area contributed by atoms with E-state index >= 15 is 0 Å². The Bertz CT molecular complexity index is 1120. The zero-order valence-electron chi connectivity index (χ0n) is 21.4. The van der Waals surface area contributed by atoms with Gasteiger partial charge in [-0.1, -0.05) is 6.07 Å². The first-order valence-corrected chi connectivity index (χ1v) is 11.6. The smallest absolute Gasteiger partial charge is 0.308 e. The van der Waals surface area contributed by atoms with E-state index < -0.39 is 17.9 Å². The summed E-state index contributed by atoms with van der Waals surface area (Å²) in [6.45, 7) is 4.29. The molecule has 1 aliphatic rings. The number of carbonyl (C=O) groups is 3. The summed E-state index contributed by atoms with van der Waals surface area (Å²) in [5.74, 6) is -0.186. The Hall–Kier alpha value is -3.75. The van der Waals surface area contributed by atoms with Crippen molar-refractivity contribution in [3.05, 3.63) is 47.0 Å². The van der Waals surface area contributed by atoms with Gasteiger partial charge in [-0.3, -0.25) is 14.4 Å². The van der Waals surface area contributed by atoms with Gasteiger partial charge < -0.3 is 28.4 Å². The third-order valence-corrected chi connectivity index (χ3v) is 6.28. The first-order valence-electron chi connectivity index (χ1n) is 11.6. The van der Waals surface area contributed by atoms with Crippen LogP contribution >= 0.6 is 0 Å². The lowest BCUT2D eigenvalue weighted by molar-refractivity contribution is -0.147. The molecule has 2 aromatic rings. The van der Waals surface area contributed by atoms with Crippen LogP contribution in [0.15, 0.2) is 30.3 Å². The van der Waals surface area contributed by atoms with Gasteiger partial charge in [0, 0.05) is 38.5 Å². The van der Waals surface area contributed by atoms with Crippen LogP contribution < -0.4 is 18.9 Å². The van der Waals surface area contributed by atoms with Crippen molar-refractivity contribution >= 4 is 17.9 Å². The summed E-state index contributed by atoms with van der Waals surface area (Å²) in [5, 5.41) is 0. The minimum Gasteiger partial charge on any atom is -0.493 e. The van der Waals surface area contributed by atoms with Crippen molar-refractivity contribution in [2.45, 2.75) is 33.1 Å². The molecule has 0 unspecified atom stereocenters. The lowest BCUT2D eigenvalue weighted by Crippen LogP contribution is -2.37. The Morgan fingerprint density at radius 3 is 1.94 bits per heavy atom. The van der Waals surface area contributed by atoms with Gasteiger partial charge in [0.1, 0.15) is 0 Å². The average Bonchev–Trinajstić information content (AvgIpc) is 2.84. The van der Waals surface area contributed by atoms with Crippen molar-refractivity contribution in [1.29, 1.82) is 0 Å². The van der Waals surface area contributed by atoms with Crippen LogP contribution in [0.1, 0.15) is 43.4 Å². The van der Waals surface area contributed by atoms with E-state index in [-0.39, 0.29) is 31.0 Å². The topological polar surface area (TPSA) is 107 Å². The Labute approximate surface area is 210 Å². The first-order chi connectivity index (χ1) is 17.2. The van der Waals surface area contributed by atoms with Gasteiger partial charge >= 0.3 is 17.9 Å². The van der Waals surface area contributed by atoms with Gasteiger partial charge in [-0.05, 0) is 47.4 Å². The van der Waals surface area contributed by atoms with E-state index in [1.54, 1.807) is 20.3 Å². The number of ether oxygens (including phenoxy) is 6. The van der Waals surface area contributed by atoms with Crippen LogP contribution in [0.4, 0.5) is 0 Å². The number of benzene rings is 2. The highest BCUT2D eigenvalue weighted by Crippen LogP contribution is 2.48. The van der Waals surface area contributed by atoms with E-state index in [0.29, 0.717) is 29.4 Å². The number of fused-ring (bicyclic) bond motifs is 1. The summed E-state index contributed by atoms with van der Waals surface area (Å²) in [6.07, 6.45) is 0.537. The van der Waals surface area contributed by atoms with Crippen molar-refractivity contribution < 1.29 is 42.8 Å².